The summed E-state index contributed by atoms with van der Waals surface area (Å²) in [6, 6.07) is 3.54. The number of rotatable bonds is 5. The molecule has 3 aromatic rings. The summed E-state index contributed by atoms with van der Waals surface area (Å²) in [5.74, 6) is -4.31. The standard InChI is InChI=1S/C25H23F3N4O4/c1-12(13-3-2-4-13)29-25(36)16-9-32(22-17(27)7-14(26)8-18(22)28)24-15(23(16)35)5-6-21(30-24)31-10-19(33)20(34)11-31/h5-9,12-13,19,33H,2-4,10-11H2,1H3,(H,29,36)/t12?,19-/m1/s1. The number of fused-ring (bicyclic) bond motifs is 1. The van der Waals surface area contributed by atoms with E-state index in [-0.39, 0.29) is 47.5 Å². The Bertz CT molecular complexity index is 1430. The smallest absolute Gasteiger partial charge is 0.257 e. The number of pyridine rings is 2. The van der Waals surface area contributed by atoms with Gasteiger partial charge in [0.15, 0.2) is 23.1 Å². The molecule has 188 valence electrons. The van der Waals surface area contributed by atoms with Gasteiger partial charge in [0.05, 0.1) is 18.5 Å². The second-order valence-corrected chi connectivity index (χ2v) is 9.32. The molecule has 1 unspecified atom stereocenters. The van der Waals surface area contributed by atoms with Gasteiger partial charge in [-0.3, -0.25) is 19.0 Å². The zero-order valence-corrected chi connectivity index (χ0v) is 19.3. The highest BCUT2D eigenvalue weighted by molar-refractivity contribution is 5.97. The molecule has 0 bridgehead atoms. The summed E-state index contributed by atoms with van der Waals surface area (Å²) in [4.78, 5) is 44.0. The molecule has 2 fully saturated rings. The molecular formula is C25H23F3N4O4. The van der Waals surface area contributed by atoms with Crippen LogP contribution in [0.4, 0.5) is 19.0 Å². The number of aliphatic hydroxyl groups is 1. The highest BCUT2D eigenvalue weighted by Crippen LogP contribution is 2.30. The molecule has 1 aromatic carbocycles. The fraction of sp³-hybridized carbons (Fsp3) is 0.360. The van der Waals surface area contributed by atoms with Crippen LogP contribution in [0.15, 0.2) is 35.3 Å². The van der Waals surface area contributed by atoms with Crippen LogP contribution < -0.4 is 15.6 Å². The number of Topliss-reactive ketones (excluding diaryl/α,β-unsaturated/α-hetero) is 1. The number of aromatic nitrogens is 2. The molecule has 3 heterocycles. The van der Waals surface area contributed by atoms with Crippen LogP contribution >= 0.6 is 0 Å². The normalized spacial score (nSPS) is 19.0. The van der Waals surface area contributed by atoms with Crippen molar-refractivity contribution in [2.24, 2.45) is 5.92 Å². The number of nitrogens with zero attached hydrogens (tertiary/aromatic N) is 3. The molecule has 1 aliphatic heterocycles. The van der Waals surface area contributed by atoms with Gasteiger partial charge >= 0.3 is 0 Å². The van der Waals surface area contributed by atoms with Crippen LogP contribution in [0.3, 0.4) is 0 Å². The van der Waals surface area contributed by atoms with E-state index >= 15 is 0 Å². The van der Waals surface area contributed by atoms with E-state index in [2.05, 4.69) is 10.3 Å². The summed E-state index contributed by atoms with van der Waals surface area (Å²) in [5, 5.41) is 12.5. The minimum atomic E-state index is -1.26. The Morgan fingerprint density at radius 1 is 1.17 bits per heavy atom. The van der Waals surface area contributed by atoms with Gasteiger partial charge in [-0.15, -0.1) is 0 Å². The summed E-state index contributed by atoms with van der Waals surface area (Å²) >= 11 is 0. The number of halogens is 3. The Morgan fingerprint density at radius 2 is 1.86 bits per heavy atom. The van der Waals surface area contributed by atoms with Crippen molar-refractivity contribution in [1.82, 2.24) is 14.9 Å². The first kappa shape index (κ1) is 24.0. The van der Waals surface area contributed by atoms with Crippen molar-refractivity contribution >= 4 is 28.5 Å². The monoisotopic (exact) mass is 500 g/mol. The highest BCUT2D eigenvalue weighted by atomic mass is 19.1. The van der Waals surface area contributed by atoms with E-state index in [0.29, 0.717) is 12.1 Å². The van der Waals surface area contributed by atoms with Crippen molar-refractivity contribution < 1.29 is 27.9 Å². The van der Waals surface area contributed by atoms with Crippen LogP contribution in [0.2, 0.25) is 0 Å². The molecule has 1 aliphatic carbocycles. The van der Waals surface area contributed by atoms with E-state index in [4.69, 9.17) is 0 Å². The van der Waals surface area contributed by atoms with E-state index in [9.17, 15) is 32.7 Å². The average molecular weight is 500 g/mol. The highest BCUT2D eigenvalue weighted by Gasteiger charge is 2.31. The molecule has 1 saturated carbocycles. The molecule has 2 aliphatic rings. The second kappa shape index (κ2) is 9.05. The van der Waals surface area contributed by atoms with Gasteiger partial charge < -0.3 is 15.3 Å². The minimum absolute atomic E-state index is 0.0413. The van der Waals surface area contributed by atoms with E-state index in [1.54, 1.807) is 0 Å². The number of benzene rings is 1. The maximum absolute atomic E-state index is 14.8. The topological polar surface area (TPSA) is 105 Å². The van der Waals surface area contributed by atoms with Crippen LogP contribution in [-0.2, 0) is 4.79 Å². The first-order valence-electron chi connectivity index (χ1n) is 11.6. The Labute approximate surface area is 203 Å². The maximum Gasteiger partial charge on any atom is 0.257 e. The number of ketones is 1. The van der Waals surface area contributed by atoms with Crippen molar-refractivity contribution in [3.8, 4) is 5.69 Å². The minimum Gasteiger partial charge on any atom is -0.383 e. The van der Waals surface area contributed by atoms with Crippen molar-refractivity contribution in [3.05, 3.63) is 63.7 Å². The Hall–Kier alpha value is -3.73. The zero-order valence-electron chi connectivity index (χ0n) is 19.3. The Balaban J connectivity index is 1.68. The lowest BCUT2D eigenvalue weighted by molar-refractivity contribution is -0.122. The largest absolute Gasteiger partial charge is 0.383 e. The number of carbonyl (C=O) groups excluding carboxylic acids is 2. The number of hydrogen-bond donors (Lipinski definition) is 2. The SMILES string of the molecule is CC(NC(=O)c1cn(-c2c(F)cc(F)cc2F)c2nc(N3CC(=O)[C@H](O)C3)ccc2c1=O)C1CCC1. The molecule has 8 nitrogen and oxygen atoms in total. The molecule has 0 spiro atoms. The maximum atomic E-state index is 14.8. The van der Waals surface area contributed by atoms with Crippen LogP contribution in [0, 0.1) is 23.4 Å². The molecule has 2 aromatic heterocycles. The number of nitrogens with one attached hydrogen (secondary N) is 1. The van der Waals surface area contributed by atoms with Crippen molar-refractivity contribution in [1.29, 1.82) is 0 Å². The number of anilines is 1. The van der Waals surface area contributed by atoms with Gasteiger partial charge in [0.2, 0.25) is 5.43 Å². The Kier molecular flexibility index (Phi) is 6.03. The van der Waals surface area contributed by atoms with E-state index in [1.165, 1.54) is 17.0 Å². The quantitative estimate of drug-likeness (QED) is 0.558. The molecule has 2 atom stereocenters. The lowest BCUT2D eigenvalue weighted by Gasteiger charge is -2.31. The van der Waals surface area contributed by atoms with Gasteiger partial charge in [-0.2, -0.15) is 0 Å². The number of aliphatic hydroxyl groups excluding tert-OH is 1. The molecule has 0 radical (unpaired) electrons. The molecular weight excluding hydrogens is 477 g/mol. The van der Waals surface area contributed by atoms with Crippen LogP contribution in [0.25, 0.3) is 16.7 Å². The summed E-state index contributed by atoms with van der Waals surface area (Å²) < 4.78 is 44.2. The predicted octanol–water partition coefficient (Wildman–Crippen LogP) is 2.47. The molecule has 1 saturated heterocycles. The van der Waals surface area contributed by atoms with Crippen LogP contribution in [0.1, 0.15) is 36.5 Å². The molecule has 1 amide bonds. The van der Waals surface area contributed by atoms with Crippen LogP contribution in [-0.4, -0.2) is 51.6 Å². The van der Waals surface area contributed by atoms with E-state index in [1.807, 2.05) is 6.92 Å². The van der Waals surface area contributed by atoms with Crippen molar-refractivity contribution in [2.45, 2.75) is 38.3 Å². The van der Waals surface area contributed by atoms with E-state index in [0.717, 1.165) is 30.0 Å². The molecule has 5 rings (SSSR count). The fourth-order valence-electron chi connectivity index (χ4n) is 4.65. The van der Waals surface area contributed by atoms with Crippen molar-refractivity contribution in [3.63, 3.8) is 0 Å². The van der Waals surface area contributed by atoms with Gasteiger partial charge in [0, 0.05) is 24.4 Å². The average Bonchev–Trinajstić information content (AvgIpc) is 3.11. The van der Waals surface area contributed by atoms with Gasteiger partial charge in [-0.05, 0) is 37.8 Å². The molecule has 11 heteroatoms. The number of carbonyl (C=O) groups is 2. The third kappa shape index (κ3) is 4.13. The predicted molar refractivity (Wildman–Crippen MR) is 125 cm³/mol. The van der Waals surface area contributed by atoms with Crippen molar-refractivity contribution in [2.75, 3.05) is 18.0 Å². The van der Waals surface area contributed by atoms with Gasteiger partial charge in [0.25, 0.3) is 5.91 Å². The van der Waals surface area contributed by atoms with Crippen LogP contribution in [0.5, 0.6) is 0 Å². The van der Waals surface area contributed by atoms with E-state index < -0.39 is 46.4 Å². The third-order valence-corrected chi connectivity index (χ3v) is 6.95. The summed E-state index contributed by atoms with van der Waals surface area (Å²) in [6.45, 7) is 1.66. The third-order valence-electron chi connectivity index (χ3n) is 6.95. The summed E-state index contributed by atoms with van der Waals surface area (Å²) in [6.07, 6.45) is 2.75. The summed E-state index contributed by atoms with van der Waals surface area (Å²) in [5.41, 5.74) is -1.96. The zero-order chi connectivity index (χ0) is 25.7. The lowest BCUT2D eigenvalue weighted by Crippen LogP contribution is -2.42. The molecule has 36 heavy (non-hydrogen) atoms. The number of amides is 1. The Morgan fingerprint density at radius 3 is 2.44 bits per heavy atom. The van der Waals surface area contributed by atoms with Gasteiger partial charge in [-0.25, -0.2) is 18.2 Å². The number of hydrogen-bond acceptors (Lipinski definition) is 6. The van der Waals surface area contributed by atoms with Gasteiger partial charge in [-0.1, -0.05) is 6.42 Å². The fourth-order valence-corrected chi connectivity index (χ4v) is 4.65. The number of β-amino-alcohol motifs (C(OH)–C–C–N with tert-alkyl or cyclic N) is 1. The lowest BCUT2D eigenvalue weighted by atomic mass is 9.80. The molecule has 2 N–H and O–H groups in total. The van der Waals surface area contributed by atoms with Gasteiger partial charge in [0.1, 0.15) is 29.0 Å². The summed E-state index contributed by atoms with van der Waals surface area (Å²) in [7, 11) is 0. The second-order valence-electron chi connectivity index (χ2n) is 9.32. The first-order valence-corrected chi connectivity index (χ1v) is 11.6. The first-order chi connectivity index (χ1) is 17.1.